The summed E-state index contributed by atoms with van der Waals surface area (Å²) in [6, 6.07) is 13.7. The number of hydrogen-bond donors (Lipinski definition) is 2. The molecule has 1 aliphatic heterocycles. The Morgan fingerprint density at radius 2 is 2.00 bits per heavy atom. The van der Waals surface area contributed by atoms with E-state index >= 15 is 0 Å². The second-order valence-corrected chi connectivity index (χ2v) is 7.03. The van der Waals surface area contributed by atoms with E-state index in [9.17, 15) is 18.3 Å². The Bertz CT molecular complexity index is 970. The van der Waals surface area contributed by atoms with Crippen LogP contribution >= 0.6 is 0 Å². The van der Waals surface area contributed by atoms with Gasteiger partial charge in [-0.2, -0.15) is 23.3 Å². The van der Waals surface area contributed by atoms with Crippen molar-refractivity contribution in [3.63, 3.8) is 0 Å². The molecule has 1 fully saturated rings. The maximum atomic E-state index is 13.1. The zero-order valence-electron chi connectivity index (χ0n) is 16.4. The van der Waals surface area contributed by atoms with Crippen LogP contribution in [-0.4, -0.2) is 46.3 Å². The number of ether oxygens (including phenoxy) is 2. The molecular formula is C21H21F3N4O3. The Labute approximate surface area is 176 Å². The van der Waals surface area contributed by atoms with Crippen molar-refractivity contribution in [2.45, 2.75) is 24.6 Å². The van der Waals surface area contributed by atoms with Crippen molar-refractivity contribution in [1.82, 2.24) is 15.2 Å². The molecule has 164 valence electrons. The van der Waals surface area contributed by atoms with Gasteiger partial charge in [-0.25, -0.2) is 5.10 Å². The van der Waals surface area contributed by atoms with Gasteiger partial charge in [-0.15, -0.1) is 0 Å². The standard InChI is InChI=1S/C21H21F3N4O3/c22-21(23,24)16-8-4-7-15(11-16)17(12-29)31-19-18(14-5-2-1-3-6-14)28(9-10-30-19)20-25-13-26-27-20/h1-8,11,13,17-19,29H,9-10,12H2,(H,25,26,27)/t17-,18+,19-/m1/s1. The Morgan fingerprint density at radius 3 is 2.68 bits per heavy atom. The Balaban J connectivity index is 1.64. The molecule has 2 aromatic carbocycles. The van der Waals surface area contributed by atoms with E-state index in [-0.39, 0.29) is 5.56 Å². The van der Waals surface area contributed by atoms with Crippen LogP contribution in [0.3, 0.4) is 0 Å². The van der Waals surface area contributed by atoms with Gasteiger partial charge < -0.3 is 19.5 Å². The first kappa shape index (κ1) is 21.3. The lowest BCUT2D eigenvalue weighted by Crippen LogP contribution is -2.47. The molecule has 0 saturated carbocycles. The number of benzene rings is 2. The van der Waals surface area contributed by atoms with Crippen LogP contribution in [0.25, 0.3) is 0 Å². The maximum absolute atomic E-state index is 13.1. The second kappa shape index (κ2) is 9.04. The summed E-state index contributed by atoms with van der Waals surface area (Å²) in [7, 11) is 0. The number of rotatable bonds is 6. The molecular weight excluding hydrogens is 413 g/mol. The summed E-state index contributed by atoms with van der Waals surface area (Å²) in [5.74, 6) is 0.519. The number of H-pyrrole nitrogens is 1. The summed E-state index contributed by atoms with van der Waals surface area (Å²) in [5.41, 5.74) is 0.272. The van der Waals surface area contributed by atoms with E-state index in [2.05, 4.69) is 15.2 Å². The number of aromatic amines is 1. The minimum atomic E-state index is -4.49. The van der Waals surface area contributed by atoms with Gasteiger partial charge in [0.25, 0.3) is 0 Å². The normalized spacial score (nSPS) is 20.6. The van der Waals surface area contributed by atoms with E-state index in [0.717, 1.165) is 17.7 Å². The average Bonchev–Trinajstić information content (AvgIpc) is 3.32. The van der Waals surface area contributed by atoms with Gasteiger partial charge in [-0.3, -0.25) is 0 Å². The zero-order chi connectivity index (χ0) is 21.8. The predicted octanol–water partition coefficient (Wildman–Crippen LogP) is 3.48. The van der Waals surface area contributed by atoms with E-state index in [1.54, 1.807) is 0 Å². The number of hydrogen-bond acceptors (Lipinski definition) is 6. The fourth-order valence-corrected chi connectivity index (χ4v) is 3.62. The highest BCUT2D eigenvalue weighted by atomic mass is 19.4. The summed E-state index contributed by atoms with van der Waals surface area (Å²) in [6.07, 6.45) is -4.98. The van der Waals surface area contributed by atoms with Gasteiger partial charge >= 0.3 is 6.18 Å². The smallest absolute Gasteiger partial charge is 0.393 e. The zero-order valence-corrected chi connectivity index (χ0v) is 16.4. The van der Waals surface area contributed by atoms with Crippen LogP contribution in [-0.2, 0) is 15.7 Å². The first-order valence-electron chi connectivity index (χ1n) is 9.69. The van der Waals surface area contributed by atoms with Gasteiger partial charge in [-0.1, -0.05) is 42.5 Å². The van der Waals surface area contributed by atoms with Crippen LogP contribution in [0.4, 0.5) is 19.1 Å². The maximum Gasteiger partial charge on any atom is 0.416 e. The molecule has 7 nitrogen and oxygen atoms in total. The number of aliphatic hydroxyl groups excluding tert-OH is 1. The molecule has 1 aliphatic rings. The topological polar surface area (TPSA) is 83.5 Å². The fourth-order valence-electron chi connectivity index (χ4n) is 3.62. The molecule has 10 heteroatoms. The summed E-state index contributed by atoms with van der Waals surface area (Å²) in [4.78, 5) is 6.15. The Kier molecular flexibility index (Phi) is 6.21. The summed E-state index contributed by atoms with van der Waals surface area (Å²) < 4.78 is 51.3. The van der Waals surface area contributed by atoms with Crippen LogP contribution in [0.15, 0.2) is 60.9 Å². The number of morpholine rings is 1. The quantitative estimate of drug-likeness (QED) is 0.618. The molecule has 1 saturated heterocycles. The van der Waals surface area contributed by atoms with E-state index < -0.39 is 36.8 Å². The second-order valence-electron chi connectivity index (χ2n) is 7.03. The third-order valence-electron chi connectivity index (χ3n) is 5.07. The molecule has 0 bridgehead atoms. The Morgan fingerprint density at radius 1 is 1.19 bits per heavy atom. The molecule has 0 spiro atoms. The summed E-state index contributed by atoms with van der Waals surface area (Å²) in [5, 5.41) is 16.6. The molecule has 31 heavy (non-hydrogen) atoms. The van der Waals surface area contributed by atoms with Crippen molar-refractivity contribution in [2.75, 3.05) is 24.7 Å². The van der Waals surface area contributed by atoms with Crippen LogP contribution in [0.5, 0.6) is 0 Å². The van der Waals surface area contributed by atoms with Crippen LogP contribution in [0, 0.1) is 0 Å². The number of halogens is 3. The Hall–Kier alpha value is -2.95. The monoisotopic (exact) mass is 434 g/mol. The molecule has 2 heterocycles. The van der Waals surface area contributed by atoms with Crippen molar-refractivity contribution < 1.29 is 27.8 Å². The molecule has 3 aromatic rings. The highest BCUT2D eigenvalue weighted by molar-refractivity contribution is 5.37. The first-order valence-corrected chi connectivity index (χ1v) is 9.69. The molecule has 3 atom stereocenters. The largest absolute Gasteiger partial charge is 0.416 e. The molecule has 1 aromatic heterocycles. The van der Waals surface area contributed by atoms with E-state index in [1.165, 1.54) is 18.5 Å². The number of anilines is 1. The van der Waals surface area contributed by atoms with Gasteiger partial charge in [0.1, 0.15) is 18.5 Å². The molecule has 4 rings (SSSR count). The lowest BCUT2D eigenvalue weighted by atomic mass is 10.0. The number of alkyl halides is 3. The molecule has 0 amide bonds. The van der Waals surface area contributed by atoms with E-state index in [0.29, 0.717) is 19.1 Å². The molecule has 0 unspecified atom stereocenters. The minimum absolute atomic E-state index is 0.213. The number of nitrogens with zero attached hydrogens (tertiary/aromatic N) is 3. The van der Waals surface area contributed by atoms with Crippen molar-refractivity contribution in [1.29, 1.82) is 0 Å². The summed E-state index contributed by atoms with van der Waals surface area (Å²) >= 11 is 0. The van der Waals surface area contributed by atoms with E-state index in [4.69, 9.17) is 9.47 Å². The number of nitrogens with one attached hydrogen (secondary N) is 1. The lowest BCUT2D eigenvalue weighted by Gasteiger charge is -2.41. The third-order valence-corrected chi connectivity index (χ3v) is 5.07. The fraction of sp³-hybridized carbons (Fsp3) is 0.333. The van der Waals surface area contributed by atoms with Gasteiger partial charge in [0.2, 0.25) is 5.95 Å². The molecule has 2 N–H and O–H groups in total. The SMILES string of the molecule is OC[C@@H](O[C@H]1OCCN(c2ncn[nH]2)[C@H]1c1ccccc1)c1cccc(C(F)(F)F)c1. The average molecular weight is 434 g/mol. The van der Waals surface area contributed by atoms with Gasteiger partial charge in [-0.05, 0) is 23.3 Å². The van der Waals surface area contributed by atoms with E-state index in [1.807, 2.05) is 35.2 Å². The summed E-state index contributed by atoms with van der Waals surface area (Å²) in [6.45, 7) is 0.294. The van der Waals surface area contributed by atoms with Crippen molar-refractivity contribution in [2.24, 2.45) is 0 Å². The molecule has 0 radical (unpaired) electrons. The molecule has 0 aliphatic carbocycles. The minimum Gasteiger partial charge on any atom is -0.393 e. The van der Waals surface area contributed by atoms with Gasteiger partial charge in [0.05, 0.1) is 18.8 Å². The lowest BCUT2D eigenvalue weighted by molar-refractivity contribution is -0.203. The van der Waals surface area contributed by atoms with Crippen molar-refractivity contribution in [3.8, 4) is 0 Å². The predicted molar refractivity (Wildman–Crippen MR) is 105 cm³/mol. The van der Waals surface area contributed by atoms with Crippen molar-refractivity contribution >= 4 is 5.95 Å². The first-order chi connectivity index (χ1) is 15.0. The van der Waals surface area contributed by atoms with Crippen LogP contribution in [0.1, 0.15) is 28.8 Å². The van der Waals surface area contributed by atoms with Gasteiger partial charge in [0.15, 0.2) is 6.29 Å². The van der Waals surface area contributed by atoms with Crippen LogP contribution < -0.4 is 4.90 Å². The number of aliphatic hydroxyl groups is 1. The van der Waals surface area contributed by atoms with Crippen molar-refractivity contribution in [3.05, 3.63) is 77.6 Å². The highest BCUT2D eigenvalue weighted by Crippen LogP contribution is 2.36. The highest BCUT2D eigenvalue weighted by Gasteiger charge is 2.38. The van der Waals surface area contributed by atoms with Gasteiger partial charge in [0, 0.05) is 6.54 Å². The number of aromatic nitrogens is 3. The van der Waals surface area contributed by atoms with Crippen LogP contribution in [0.2, 0.25) is 0 Å². The third kappa shape index (κ3) is 4.71.